The Labute approximate surface area is 96.8 Å². The summed E-state index contributed by atoms with van der Waals surface area (Å²) >= 11 is 5.55. The van der Waals surface area contributed by atoms with Crippen LogP contribution in [0.25, 0.3) is 0 Å². The molecule has 0 amide bonds. The first-order chi connectivity index (χ1) is 6.80. The maximum Gasteiger partial charge on any atom is 0.316 e. The molecule has 0 spiro atoms. The second kappa shape index (κ2) is 4.48. The molecule has 1 aromatic rings. The second-order valence-electron chi connectivity index (χ2n) is 2.36. The van der Waals surface area contributed by atoms with Crippen LogP contribution < -0.4 is 0 Å². The van der Waals surface area contributed by atoms with E-state index in [-0.39, 0.29) is 10.7 Å². The number of hydrogen-bond donors (Lipinski definition) is 0. The van der Waals surface area contributed by atoms with Crippen molar-refractivity contribution < 1.29 is 16.8 Å². The summed E-state index contributed by atoms with van der Waals surface area (Å²) in [6, 6.07) is 3.44. The van der Waals surface area contributed by atoms with Crippen LogP contribution in [0.1, 0.15) is 0 Å². The summed E-state index contributed by atoms with van der Waals surface area (Å²) in [5.41, 5.74) is -0.314. The molecule has 0 aliphatic heterocycles. The van der Waals surface area contributed by atoms with Crippen LogP contribution in [-0.2, 0) is 19.6 Å². The molecule has 15 heavy (non-hydrogen) atoms. The lowest BCUT2D eigenvalue weighted by Crippen LogP contribution is -1.90. The van der Waals surface area contributed by atoms with Crippen LogP contribution in [0.15, 0.2) is 27.5 Å². The lowest BCUT2D eigenvalue weighted by atomic mass is 10.3. The van der Waals surface area contributed by atoms with Crippen molar-refractivity contribution >= 4 is 47.5 Å². The first-order valence-corrected chi connectivity index (χ1v) is 7.08. The fourth-order valence-electron chi connectivity index (χ4n) is 0.848. The van der Waals surface area contributed by atoms with E-state index in [4.69, 9.17) is 22.3 Å². The van der Waals surface area contributed by atoms with Crippen molar-refractivity contribution in [2.24, 2.45) is 4.36 Å². The molecule has 0 radical (unpaired) electrons. The van der Waals surface area contributed by atoms with E-state index >= 15 is 0 Å². The van der Waals surface area contributed by atoms with Crippen LogP contribution in [0.3, 0.4) is 0 Å². The summed E-state index contributed by atoms with van der Waals surface area (Å²) in [6.07, 6.45) is 0. The average molecular weight is 288 g/mol. The zero-order valence-electron chi connectivity index (χ0n) is 6.88. The Morgan fingerprint density at radius 2 is 1.87 bits per heavy atom. The van der Waals surface area contributed by atoms with Gasteiger partial charge in [0.1, 0.15) is 10.6 Å². The number of halogens is 2. The second-order valence-corrected chi connectivity index (χ2v) is 5.95. The minimum Gasteiger partial charge on any atom is -0.207 e. The molecule has 1 rings (SSSR count). The molecule has 0 aromatic heterocycles. The van der Waals surface area contributed by atoms with Gasteiger partial charge in [0, 0.05) is 15.7 Å². The summed E-state index contributed by atoms with van der Waals surface area (Å²) in [6.45, 7) is 0. The van der Waals surface area contributed by atoms with Gasteiger partial charge in [-0.1, -0.05) is 11.6 Å². The summed E-state index contributed by atoms with van der Waals surface area (Å²) in [5.74, 6) is 0. The van der Waals surface area contributed by atoms with Crippen LogP contribution in [0.4, 0.5) is 5.69 Å². The number of benzene rings is 1. The van der Waals surface area contributed by atoms with E-state index in [1.54, 1.807) is 0 Å². The normalized spacial score (nSPS) is 11.1. The molecule has 0 bridgehead atoms. The lowest BCUT2D eigenvalue weighted by molar-refractivity contribution is 0.610. The van der Waals surface area contributed by atoms with Crippen LogP contribution in [0, 0.1) is 0 Å². The maximum atomic E-state index is 11.0. The molecule has 0 saturated carbocycles. The average Bonchev–Trinajstić information content (AvgIpc) is 1.99. The molecular formula is C6H3Cl2NO4S2. The predicted molar refractivity (Wildman–Crippen MR) is 55.5 cm³/mol. The fourth-order valence-corrected chi connectivity index (χ4v) is 2.36. The van der Waals surface area contributed by atoms with Crippen LogP contribution in [0.2, 0.25) is 5.02 Å². The molecule has 5 nitrogen and oxygen atoms in total. The molecule has 0 fully saturated rings. The number of nitrogens with zero attached hydrogens (tertiary/aromatic N) is 1. The Morgan fingerprint density at radius 3 is 2.33 bits per heavy atom. The van der Waals surface area contributed by atoms with Gasteiger partial charge in [-0.05, 0) is 18.2 Å². The van der Waals surface area contributed by atoms with Gasteiger partial charge in [0.25, 0.3) is 9.05 Å². The largest absolute Gasteiger partial charge is 0.316 e. The first-order valence-electron chi connectivity index (χ1n) is 3.36. The van der Waals surface area contributed by atoms with Crippen molar-refractivity contribution in [2.45, 2.75) is 4.90 Å². The van der Waals surface area contributed by atoms with Gasteiger partial charge in [0.05, 0.1) is 0 Å². The number of hydrogen-bond acceptors (Lipinski definition) is 5. The third kappa shape index (κ3) is 3.45. The highest BCUT2D eigenvalue weighted by molar-refractivity contribution is 8.13. The molecule has 0 heterocycles. The highest BCUT2D eigenvalue weighted by Gasteiger charge is 2.15. The molecule has 0 aliphatic carbocycles. The molecule has 0 N–H and O–H groups in total. The molecule has 0 saturated heterocycles. The first kappa shape index (κ1) is 12.4. The van der Waals surface area contributed by atoms with E-state index in [1.165, 1.54) is 6.07 Å². The highest BCUT2D eigenvalue weighted by atomic mass is 35.7. The summed E-state index contributed by atoms with van der Waals surface area (Å²) in [7, 11) is -1.76. The van der Waals surface area contributed by atoms with E-state index in [0.29, 0.717) is 0 Å². The number of rotatable bonds is 2. The molecule has 1 aromatic carbocycles. The van der Waals surface area contributed by atoms with Gasteiger partial charge in [-0.25, -0.2) is 8.42 Å². The minimum atomic E-state index is -4.05. The monoisotopic (exact) mass is 287 g/mol. The van der Waals surface area contributed by atoms with E-state index in [2.05, 4.69) is 4.36 Å². The molecule has 9 heteroatoms. The molecule has 0 aliphatic rings. The Bertz CT molecular complexity index is 613. The van der Waals surface area contributed by atoms with Gasteiger partial charge in [-0.3, -0.25) is 0 Å². The maximum absolute atomic E-state index is 11.0. The van der Waals surface area contributed by atoms with E-state index in [0.717, 1.165) is 12.1 Å². The zero-order valence-corrected chi connectivity index (χ0v) is 10.0. The van der Waals surface area contributed by atoms with Gasteiger partial charge in [0.2, 0.25) is 0 Å². The van der Waals surface area contributed by atoms with Gasteiger partial charge < -0.3 is 0 Å². The topological polar surface area (TPSA) is 80.6 Å². The Morgan fingerprint density at radius 1 is 1.27 bits per heavy atom. The summed E-state index contributed by atoms with van der Waals surface area (Å²) in [5, 5.41) is 0.156. The highest BCUT2D eigenvalue weighted by Crippen LogP contribution is 2.29. The van der Waals surface area contributed by atoms with E-state index < -0.39 is 24.4 Å². The molecular weight excluding hydrogens is 285 g/mol. The van der Waals surface area contributed by atoms with Crippen LogP contribution >= 0.6 is 22.3 Å². The Hall–Kier alpha value is -0.630. The van der Waals surface area contributed by atoms with E-state index in [9.17, 15) is 16.8 Å². The van der Waals surface area contributed by atoms with Gasteiger partial charge in [-0.15, -0.1) is 4.36 Å². The smallest absolute Gasteiger partial charge is 0.207 e. The Balaban J connectivity index is 3.61. The van der Waals surface area contributed by atoms with Crippen molar-refractivity contribution in [1.29, 1.82) is 0 Å². The molecule has 82 valence electrons. The van der Waals surface area contributed by atoms with E-state index in [1.807, 2.05) is 0 Å². The zero-order chi connectivity index (χ0) is 11.6. The summed E-state index contributed by atoms with van der Waals surface area (Å²) < 4.78 is 45.7. The third-order valence-electron chi connectivity index (χ3n) is 1.36. The summed E-state index contributed by atoms with van der Waals surface area (Å²) in [4.78, 5) is -0.405. The fraction of sp³-hybridized carbons (Fsp3) is 0. The van der Waals surface area contributed by atoms with Gasteiger partial charge in [-0.2, -0.15) is 8.42 Å². The lowest BCUT2D eigenvalue weighted by Gasteiger charge is -1.99. The molecule has 0 unspecified atom stereocenters. The SMILES string of the molecule is O=S(=O)=Nc1cc(Cl)ccc1S(=O)(=O)Cl. The third-order valence-corrected chi connectivity index (χ3v) is 3.31. The Kier molecular flexibility index (Phi) is 3.72. The van der Waals surface area contributed by atoms with Crippen molar-refractivity contribution in [3.05, 3.63) is 23.2 Å². The van der Waals surface area contributed by atoms with Gasteiger partial charge in [0.15, 0.2) is 0 Å². The minimum absolute atomic E-state index is 0.156. The van der Waals surface area contributed by atoms with Gasteiger partial charge >= 0.3 is 10.5 Å². The predicted octanol–water partition coefficient (Wildman–Crippen LogP) is 1.96. The van der Waals surface area contributed by atoms with Crippen molar-refractivity contribution in [3.63, 3.8) is 0 Å². The van der Waals surface area contributed by atoms with Crippen molar-refractivity contribution in [2.75, 3.05) is 0 Å². The standard InChI is InChI=1S/C6H3Cl2NO4S2/c7-4-1-2-6(15(8,12)13)5(3-4)9-14(10)11/h1-3H. The van der Waals surface area contributed by atoms with Crippen molar-refractivity contribution in [3.8, 4) is 0 Å². The van der Waals surface area contributed by atoms with Crippen LogP contribution in [0.5, 0.6) is 0 Å². The molecule has 0 atom stereocenters. The quantitative estimate of drug-likeness (QED) is 0.779. The van der Waals surface area contributed by atoms with Crippen molar-refractivity contribution in [1.82, 2.24) is 0 Å². The van der Waals surface area contributed by atoms with Crippen LogP contribution in [-0.4, -0.2) is 16.8 Å².